The Hall–Kier alpha value is -2.32. The van der Waals surface area contributed by atoms with Crippen molar-refractivity contribution in [1.82, 2.24) is 15.1 Å². The number of guanidine groups is 1. The second kappa shape index (κ2) is 9.87. The molecular weight excluding hydrogens is 420 g/mol. The fourth-order valence-corrected chi connectivity index (χ4v) is 4.77. The minimum Gasteiger partial charge on any atom is -0.491 e. The van der Waals surface area contributed by atoms with Crippen LogP contribution in [0.5, 0.6) is 5.75 Å². The summed E-state index contributed by atoms with van der Waals surface area (Å²) in [5.41, 5.74) is 1.47. The molecule has 0 bridgehead atoms. The molecule has 2 fully saturated rings. The van der Waals surface area contributed by atoms with E-state index in [1.165, 1.54) is 6.42 Å². The highest BCUT2D eigenvalue weighted by Crippen LogP contribution is 2.40. The van der Waals surface area contributed by atoms with Crippen molar-refractivity contribution in [2.24, 2.45) is 4.99 Å². The van der Waals surface area contributed by atoms with Crippen molar-refractivity contribution in [3.8, 4) is 5.75 Å². The maximum atomic E-state index is 12.8. The van der Waals surface area contributed by atoms with Crippen molar-refractivity contribution in [1.29, 1.82) is 0 Å². The Morgan fingerprint density at radius 1 is 1.29 bits per heavy atom. The van der Waals surface area contributed by atoms with Crippen LogP contribution in [0.2, 0.25) is 5.02 Å². The number of rotatable bonds is 8. The standard InChI is InChI=1S/C22H29ClN4O4/c23-17-8-9-18(21-16(17)13-26-14-19(29)24-22(26)25-21)31-12-4-7-20(30)27(10-11-28)15-5-2-1-3-6-15/h8-9,15,28H,1-7,10-14H2,(H,24,25,29). The summed E-state index contributed by atoms with van der Waals surface area (Å²) in [6.07, 6.45) is 6.51. The molecule has 8 nitrogen and oxygen atoms in total. The minimum atomic E-state index is -0.0888. The first kappa shape index (κ1) is 21.9. The summed E-state index contributed by atoms with van der Waals surface area (Å²) in [5, 5.41) is 12.7. The summed E-state index contributed by atoms with van der Waals surface area (Å²) in [7, 11) is 0. The smallest absolute Gasteiger partial charge is 0.246 e. The monoisotopic (exact) mass is 448 g/mol. The topological polar surface area (TPSA) is 94.5 Å². The van der Waals surface area contributed by atoms with Crippen LogP contribution in [-0.2, 0) is 16.1 Å². The number of aliphatic hydroxyl groups is 1. The molecule has 3 aliphatic rings. The number of carbonyl (C=O) groups is 2. The minimum absolute atomic E-state index is 0.0104. The van der Waals surface area contributed by atoms with E-state index in [2.05, 4.69) is 10.3 Å². The molecule has 0 aromatic heterocycles. The number of benzene rings is 1. The van der Waals surface area contributed by atoms with Crippen LogP contribution in [0.15, 0.2) is 17.1 Å². The molecule has 4 rings (SSSR count). The molecule has 1 saturated carbocycles. The zero-order chi connectivity index (χ0) is 21.8. The average molecular weight is 449 g/mol. The van der Waals surface area contributed by atoms with Gasteiger partial charge in [-0.25, -0.2) is 4.99 Å². The van der Waals surface area contributed by atoms with Gasteiger partial charge in [-0.1, -0.05) is 30.9 Å². The highest BCUT2D eigenvalue weighted by atomic mass is 35.5. The van der Waals surface area contributed by atoms with Gasteiger partial charge >= 0.3 is 0 Å². The summed E-state index contributed by atoms with van der Waals surface area (Å²) < 4.78 is 5.95. The van der Waals surface area contributed by atoms with Gasteiger partial charge in [0.2, 0.25) is 17.8 Å². The summed E-state index contributed by atoms with van der Waals surface area (Å²) in [6.45, 7) is 1.53. The van der Waals surface area contributed by atoms with Gasteiger partial charge in [-0.3, -0.25) is 14.9 Å². The molecule has 1 aromatic carbocycles. The number of fused-ring (bicyclic) bond motifs is 2. The Morgan fingerprint density at radius 2 is 2.10 bits per heavy atom. The summed E-state index contributed by atoms with van der Waals surface area (Å²) in [6, 6.07) is 3.80. The van der Waals surface area contributed by atoms with Crippen LogP contribution in [-0.4, -0.2) is 65.0 Å². The number of amides is 2. The van der Waals surface area contributed by atoms with E-state index < -0.39 is 0 Å². The van der Waals surface area contributed by atoms with Crippen LogP contribution in [0.4, 0.5) is 5.69 Å². The third-order valence-electron chi connectivity index (χ3n) is 6.11. The Bertz CT molecular complexity index is 869. The van der Waals surface area contributed by atoms with E-state index >= 15 is 0 Å². The molecule has 0 unspecified atom stereocenters. The number of nitrogens with zero attached hydrogens (tertiary/aromatic N) is 3. The molecule has 1 aromatic rings. The van der Waals surface area contributed by atoms with E-state index in [4.69, 9.17) is 16.3 Å². The van der Waals surface area contributed by atoms with Crippen LogP contribution in [0, 0.1) is 0 Å². The van der Waals surface area contributed by atoms with E-state index in [0.717, 1.165) is 31.2 Å². The van der Waals surface area contributed by atoms with Gasteiger partial charge in [-0.05, 0) is 31.4 Å². The summed E-state index contributed by atoms with van der Waals surface area (Å²) >= 11 is 6.35. The molecule has 0 atom stereocenters. The van der Waals surface area contributed by atoms with Crippen molar-refractivity contribution in [2.75, 3.05) is 26.3 Å². The number of ether oxygens (including phenoxy) is 1. The molecule has 1 saturated heterocycles. The molecule has 2 amide bonds. The lowest BCUT2D eigenvalue weighted by Crippen LogP contribution is -2.43. The molecule has 31 heavy (non-hydrogen) atoms. The molecule has 0 spiro atoms. The van der Waals surface area contributed by atoms with Gasteiger partial charge in [-0.2, -0.15) is 0 Å². The number of halogens is 1. The molecule has 2 N–H and O–H groups in total. The number of nitrogens with one attached hydrogen (secondary N) is 1. The normalized spacial score (nSPS) is 18.2. The number of aliphatic hydroxyl groups excluding tert-OH is 1. The van der Waals surface area contributed by atoms with Gasteiger partial charge < -0.3 is 19.6 Å². The first-order valence-electron chi connectivity index (χ1n) is 11.0. The van der Waals surface area contributed by atoms with Crippen molar-refractivity contribution in [3.05, 3.63) is 22.7 Å². The maximum Gasteiger partial charge on any atom is 0.246 e. The van der Waals surface area contributed by atoms with Gasteiger partial charge in [0.15, 0.2) is 0 Å². The van der Waals surface area contributed by atoms with Crippen LogP contribution in [0.1, 0.15) is 50.5 Å². The van der Waals surface area contributed by atoms with Crippen LogP contribution >= 0.6 is 11.6 Å². The highest BCUT2D eigenvalue weighted by molar-refractivity contribution is 6.32. The van der Waals surface area contributed by atoms with Crippen molar-refractivity contribution >= 4 is 35.1 Å². The van der Waals surface area contributed by atoms with E-state index in [1.807, 2.05) is 9.80 Å². The molecule has 168 valence electrons. The summed E-state index contributed by atoms with van der Waals surface area (Å²) in [5.74, 6) is 1.10. The molecule has 1 aliphatic carbocycles. The van der Waals surface area contributed by atoms with Gasteiger partial charge in [-0.15, -0.1) is 0 Å². The molecule has 2 aliphatic heterocycles. The van der Waals surface area contributed by atoms with Gasteiger partial charge in [0.1, 0.15) is 18.0 Å². The Balaban J connectivity index is 1.35. The Kier molecular flexibility index (Phi) is 6.97. The van der Waals surface area contributed by atoms with Crippen LogP contribution in [0.25, 0.3) is 0 Å². The van der Waals surface area contributed by atoms with Crippen LogP contribution < -0.4 is 10.1 Å². The first-order chi connectivity index (χ1) is 15.1. The van der Waals surface area contributed by atoms with Crippen molar-refractivity contribution < 1.29 is 19.4 Å². The SMILES string of the molecule is O=C1CN2Cc3c(Cl)ccc(OCCCC(=O)N(CCO)C4CCCCC4)c3N=C2N1. The lowest BCUT2D eigenvalue weighted by Gasteiger charge is -2.34. The predicted octanol–water partition coefficient (Wildman–Crippen LogP) is 2.59. The fourth-order valence-electron chi connectivity index (χ4n) is 4.56. The highest BCUT2D eigenvalue weighted by Gasteiger charge is 2.31. The molecule has 2 heterocycles. The van der Waals surface area contributed by atoms with E-state index in [-0.39, 0.29) is 31.0 Å². The first-order valence-corrected chi connectivity index (χ1v) is 11.4. The number of hydrogen-bond acceptors (Lipinski definition) is 6. The lowest BCUT2D eigenvalue weighted by molar-refractivity contribution is -0.135. The number of aliphatic imine (C=N–C) groups is 1. The van der Waals surface area contributed by atoms with Crippen molar-refractivity contribution in [3.63, 3.8) is 0 Å². The van der Waals surface area contributed by atoms with Crippen molar-refractivity contribution in [2.45, 2.75) is 57.5 Å². The Morgan fingerprint density at radius 3 is 2.87 bits per heavy atom. The van der Waals surface area contributed by atoms with E-state index in [1.54, 1.807) is 12.1 Å². The molecule has 0 radical (unpaired) electrons. The quantitative estimate of drug-likeness (QED) is 0.596. The largest absolute Gasteiger partial charge is 0.491 e. The van der Waals surface area contributed by atoms with Gasteiger partial charge in [0.25, 0.3) is 0 Å². The average Bonchev–Trinajstić information content (AvgIpc) is 3.14. The maximum absolute atomic E-state index is 12.8. The second-order valence-electron chi connectivity index (χ2n) is 8.27. The third kappa shape index (κ3) is 4.96. The second-order valence-corrected chi connectivity index (χ2v) is 8.67. The summed E-state index contributed by atoms with van der Waals surface area (Å²) in [4.78, 5) is 32.7. The molecular formula is C22H29ClN4O4. The zero-order valence-corrected chi connectivity index (χ0v) is 18.4. The Labute approximate surface area is 187 Å². The lowest BCUT2D eigenvalue weighted by atomic mass is 9.94. The zero-order valence-electron chi connectivity index (χ0n) is 17.6. The number of carbonyl (C=O) groups excluding carboxylic acids is 2. The van der Waals surface area contributed by atoms with Gasteiger partial charge in [0, 0.05) is 29.6 Å². The third-order valence-corrected chi connectivity index (χ3v) is 6.46. The predicted molar refractivity (Wildman–Crippen MR) is 118 cm³/mol. The van der Waals surface area contributed by atoms with E-state index in [0.29, 0.717) is 55.0 Å². The van der Waals surface area contributed by atoms with E-state index in [9.17, 15) is 14.7 Å². The molecule has 9 heteroatoms. The van der Waals surface area contributed by atoms with Gasteiger partial charge in [0.05, 0.1) is 19.8 Å². The number of hydrogen-bond donors (Lipinski definition) is 2. The van der Waals surface area contributed by atoms with Crippen LogP contribution in [0.3, 0.4) is 0 Å². The fraction of sp³-hybridized carbons (Fsp3) is 0.591.